The van der Waals surface area contributed by atoms with Crippen molar-refractivity contribution in [2.75, 3.05) is 13.1 Å². The second-order valence-electron chi connectivity index (χ2n) is 8.98. The van der Waals surface area contributed by atoms with Crippen molar-refractivity contribution in [2.45, 2.75) is 24.7 Å². The average molecular weight is 397 g/mol. The largest absolute Gasteiger partial charge is 0.315 e. The van der Waals surface area contributed by atoms with Gasteiger partial charge in [-0.2, -0.15) is 5.10 Å². The lowest BCUT2D eigenvalue weighted by atomic mass is 9.80. The van der Waals surface area contributed by atoms with E-state index in [0.29, 0.717) is 5.92 Å². The Balaban J connectivity index is 1.49. The van der Waals surface area contributed by atoms with E-state index in [0.717, 1.165) is 29.7 Å². The predicted molar refractivity (Wildman–Crippen MR) is 118 cm³/mol. The summed E-state index contributed by atoms with van der Waals surface area (Å²) in [5.74, 6) is 0.358. The van der Waals surface area contributed by atoms with Gasteiger partial charge in [0.05, 0.1) is 17.4 Å². The normalized spacial score (nSPS) is 27.4. The van der Waals surface area contributed by atoms with Crippen LogP contribution in [0.4, 0.5) is 4.39 Å². The van der Waals surface area contributed by atoms with E-state index in [4.69, 9.17) is 0 Å². The van der Waals surface area contributed by atoms with Crippen LogP contribution in [0.15, 0.2) is 72.9 Å². The Hall–Kier alpha value is -2.98. The third-order valence-electron chi connectivity index (χ3n) is 7.73. The number of aromatic nitrogens is 2. The number of hydrogen-bond donors (Lipinski definition) is 1. The Labute approximate surface area is 175 Å². The number of fused-ring (bicyclic) bond motifs is 2. The summed E-state index contributed by atoms with van der Waals surface area (Å²) in [4.78, 5) is 0. The molecule has 0 amide bonds. The summed E-state index contributed by atoms with van der Waals surface area (Å²) < 4.78 is 15.3. The van der Waals surface area contributed by atoms with Gasteiger partial charge in [-0.3, -0.25) is 0 Å². The number of nitrogens with zero attached hydrogens (tertiary/aromatic N) is 2. The lowest BCUT2D eigenvalue weighted by Gasteiger charge is -2.26. The highest BCUT2D eigenvalue weighted by Crippen LogP contribution is 2.72. The van der Waals surface area contributed by atoms with Gasteiger partial charge >= 0.3 is 0 Å². The maximum Gasteiger partial charge on any atom is 0.123 e. The molecule has 0 unspecified atom stereocenters. The molecule has 3 aromatic carbocycles. The molecule has 6 rings (SSSR count). The third kappa shape index (κ3) is 2.15. The average Bonchev–Trinajstić information content (AvgIpc) is 3.15. The van der Waals surface area contributed by atoms with Gasteiger partial charge in [0, 0.05) is 22.8 Å². The smallest absolute Gasteiger partial charge is 0.123 e. The summed E-state index contributed by atoms with van der Waals surface area (Å²) in [7, 11) is 0. The highest BCUT2D eigenvalue weighted by Gasteiger charge is 2.76. The van der Waals surface area contributed by atoms with E-state index in [9.17, 15) is 4.39 Å². The molecule has 1 aliphatic heterocycles. The van der Waals surface area contributed by atoms with Gasteiger partial charge in [0.15, 0.2) is 0 Å². The zero-order chi connectivity index (χ0) is 20.5. The second-order valence-corrected chi connectivity index (χ2v) is 8.98. The molecule has 0 bridgehead atoms. The minimum atomic E-state index is -0.235. The molecule has 2 fully saturated rings. The SMILES string of the molecule is Cc1cc2c(cnn2-c2ccc(F)cc2)cc1[C@]12CNC[C@H]1[C@]2(C)c1ccccc1. The van der Waals surface area contributed by atoms with Crippen molar-refractivity contribution >= 4 is 10.9 Å². The van der Waals surface area contributed by atoms with E-state index < -0.39 is 0 Å². The van der Waals surface area contributed by atoms with Gasteiger partial charge < -0.3 is 5.32 Å². The van der Waals surface area contributed by atoms with Crippen LogP contribution in [0, 0.1) is 18.7 Å². The molecule has 1 aromatic heterocycles. The molecule has 2 aliphatic rings. The fourth-order valence-electron chi connectivity index (χ4n) is 6.14. The fourth-order valence-corrected chi connectivity index (χ4v) is 6.14. The highest BCUT2D eigenvalue weighted by molar-refractivity contribution is 5.83. The number of halogens is 1. The van der Waals surface area contributed by atoms with Gasteiger partial charge in [-0.1, -0.05) is 37.3 Å². The van der Waals surface area contributed by atoms with Crippen LogP contribution in [0.3, 0.4) is 0 Å². The molecular formula is C26H24FN3. The minimum absolute atomic E-state index is 0.116. The minimum Gasteiger partial charge on any atom is -0.315 e. The van der Waals surface area contributed by atoms with Gasteiger partial charge in [-0.05, 0) is 72.5 Å². The Morgan fingerprint density at radius 3 is 2.60 bits per heavy atom. The van der Waals surface area contributed by atoms with Crippen molar-refractivity contribution < 1.29 is 4.39 Å². The van der Waals surface area contributed by atoms with Crippen LogP contribution in [-0.4, -0.2) is 22.9 Å². The Morgan fingerprint density at radius 1 is 1.07 bits per heavy atom. The standard InChI is InChI=1S/C26H24FN3/c1-17-12-23-18(14-29-30(23)21-10-8-20(27)9-11-21)13-22(17)26-16-28-15-24(26)25(26,2)19-6-4-3-5-7-19/h3-14,24,28H,15-16H2,1-2H3/t24-,25-,26+/m0/s1. The van der Waals surface area contributed by atoms with E-state index >= 15 is 0 Å². The van der Waals surface area contributed by atoms with E-state index in [1.807, 2.05) is 10.9 Å². The number of rotatable bonds is 3. The molecule has 1 saturated heterocycles. The molecule has 30 heavy (non-hydrogen) atoms. The summed E-state index contributed by atoms with van der Waals surface area (Å²) in [5.41, 5.74) is 6.34. The molecule has 1 N–H and O–H groups in total. The van der Waals surface area contributed by atoms with Crippen LogP contribution >= 0.6 is 0 Å². The molecular weight excluding hydrogens is 373 g/mol. The van der Waals surface area contributed by atoms with Crippen molar-refractivity contribution in [1.82, 2.24) is 15.1 Å². The van der Waals surface area contributed by atoms with Crippen molar-refractivity contribution in [2.24, 2.45) is 5.92 Å². The van der Waals surface area contributed by atoms with Crippen molar-refractivity contribution in [3.63, 3.8) is 0 Å². The highest BCUT2D eigenvalue weighted by atomic mass is 19.1. The maximum atomic E-state index is 13.4. The topological polar surface area (TPSA) is 29.9 Å². The van der Waals surface area contributed by atoms with Crippen LogP contribution in [0.25, 0.3) is 16.6 Å². The van der Waals surface area contributed by atoms with Gasteiger partial charge in [-0.25, -0.2) is 9.07 Å². The van der Waals surface area contributed by atoms with Crippen LogP contribution in [-0.2, 0) is 10.8 Å². The molecule has 4 aromatic rings. The number of piperidine rings is 1. The van der Waals surface area contributed by atoms with Crippen LogP contribution in [0.1, 0.15) is 23.6 Å². The Kier molecular flexibility index (Phi) is 3.58. The number of aryl methyl sites for hydroxylation is 1. The molecule has 2 heterocycles. The zero-order valence-electron chi connectivity index (χ0n) is 17.2. The first-order chi connectivity index (χ1) is 14.6. The summed E-state index contributed by atoms with van der Waals surface area (Å²) >= 11 is 0. The number of benzene rings is 3. The monoisotopic (exact) mass is 397 g/mol. The van der Waals surface area contributed by atoms with Crippen molar-refractivity contribution in [1.29, 1.82) is 0 Å². The van der Waals surface area contributed by atoms with E-state index in [1.165, 1.54) is 28.8 Å². The molecule has 0 spiro atoms. The van der Waals surface area contributed by atoms with Gasteiger partial charge in [0.1, 0.15) is 5.82 Å². The lowest BCUT2D eigenvalue weighted by molar-refractivity contribution is 0.522. The Bertz CT molecular complexity index is 1260. The summed E-state index contributed by atoms with van der Waals surface area (Å²) in [6.07, 6.45) is 1.93. The first-order valence-electron chi connectivity index (χ1n) is 10.6. The van der Waals surface area contributed by atoms with Crippen LogP contribution in [0.2, 0.25) is 0 Å². The molecule has 1 aliphatic carbocycles. The molecule has 3 atom stereocenters. The lowest BCUT2D eigenvalue weighted by Crippen LogP contribution is -2.31. The maximum absolute atomic E-state index is 13.4. The van der Waals surface area contributed by atoms with Gasteiger partial charge in [-0.15, -0.1) is 0 Å². The van der Waals surface area contributed by atoms with Crippen molar-refractivity contribution in [3.05, 3.63) is 95.4 Å². The molecule has 0 radical (unpaired) electrons. The fraction of sp³-hybridized carbons (Fsp3) is 0.269. The zero-order valence-corrected chi connectivity index (χ0v) is 17.2. The second kappa shape index (κ2) is 6.02. The first-order valence-corrected chi connectivity index (χ1v) is 10.6. The van der Waals surface area contributed by atoms with E-state index in [-0.39, 0.29) is 16.6 Å². The number of hydrogen-bond acceptors (Lipinski definition) is 2. The third-order valence-corrected chi connectivity index (χ3v) is 7.73. The molecule has 1 saturated carbocycles. The summed E-state index contributed by atoms with van der Waals surface area (Å²) in [6.45, 7) is 6.70. The molecule has 150 valence electrons. The summed E-state index contributed by atoms with van der Waals surface area (Å²) in [5, 5.41) is 9.38. The van der Waals surface area contributed by atoms with Crippen LogP contribution in [0.5, 0.6) is 0 Å². The predicted octanol–water partition coefficient (Wildman–Crippen LogP) is 4.90. The van der Waals surface area contributed by atoms with Crippen LogP contribution < -0.4 is 5.32 Å². The first kappa shape index (κ1) is 17.8. The van der Waals surface area contributed by atoms with E-state index in [1.54, 1.807) is 12.1 Å². The van der Waals surface area contributed by atoms with Gasteiger partial charge in [0.2, 0.25) is 0 Å². The summed E-state index contributed by atoms with van der Waals surface area (Å²) in [6, 6.07) is 22.0. The Morgan fingerprint density at radius 2 is 1.83 bits per heavy atom. The molecule has 3 nitrogen and oxygen atoms in total. The van der Waals surface area contributed by atoms with E-state index in [2.05, 4.69) is 66.7 Å². The van der Waals surface area contributed by atoms with Crippen molar-refractivity contribution in [3.8, 4) is 5.69 Å². The van der Waals surface area contributed by atoms with Gasteiger partial charge in [0.25, 0.3) is 0 Å². The quantitative estimate of drug-likeness (QED) is 0.533. The number of nitrogens with one attached hydrogen (secondary N) is 1. The molecule has 4 heteroatoms.